The van der Waals surface area contributed by atoms with Crippen molar-refractivity contribution in [1.29, 1.82) is 0 Å². The van der Waals surface area contributed by atoms with E-state index in [2.05, 4.69) is 0 Å². The first-order valence-electron chi connectivity index (χ1n) is 6.85. The first kappa shape index (κ1) is 12.7. The van der Waals surface area contributed by atoms with Crippen molar-refractivity contribution in [3.63, 3.8) is 0 Å². The van der Waals surface area contributed by atoms with Crippen LogP contribution in [0.1, 0.15) is 45.4 Å². The second-order valence-electron chi connectivity index (χ2n) is 5.12. The highest BCUT2D eigenvalue weighted by atomic mass is 16.6. The molecule has 17 heavy (non-hydrogen) atoms. The largest absolute Gasteiger partial charge is 0.450 e. The monoisotopic (exact) mass is 241 g/mol. The number of amides is 1. The third-order valence-corrected chi connectivity index (χ3v) is 4.08. The Balaban J connectivity index is 2.00. The number of rotatable bonds is 2. The number of carbonyl (C=O) groups is 1. The average molecular weight is 241 g/mol. The van der Waals surface area contributed by atoms with Crippen molar-refractivity contribution < 1.29 is 14.6 Å². The summed E-state index contributed by atoms with van der Waals surface area (Å²) in [4.78, 5) is 13.7. The number of likely N-dealkylation sites (tertiary alicyclic amines) is 1. The van der Waals surface area contributed by atoms with E-state index in [1.807, 2.05) is 11.8 Å². The first-order chi connectivity index (χ1) is 8.24. The van der Waals surface area contributed by atoms with Gasteiger partial charge in [0.25, 0.3) is 0 Å². The lowest BCUT2D eigenvalue weighted by Crippen LogP contribution is -2.45. The summed E-state index contributed by atoms with van der Waals surface area (Å²) >= 11 is 0. The van der Waals surface area contributed by atoms with Crippen LogP contribution in [0.15, 0.2) is 0 Å². The molecule has 0 aromatic heterocycles. The topological polar surface area (TPSA) is 49.8 Å². The maximum absolute atomic E-state index is 11.8. The van der Waals surface area contributed by atoms with Crippen molar-refractivity contribution in [1.82, 2.24) is 4.90 Å². The van der Waals surface area contributed by atoms with Gasteiger partial charge in [0.1, 0.15) is 0 Å². The molecule has 1 aliphatic carbocycles. The molecule has 4 heteroatoms. The van der Waals surface area contributed by atoms with Crippen LogP contribution < -0.4 is 0 Å². The summed E-state index contributed by atoms with van der Waals surface area (Å²) in [5.41, 5.74) is 0. The summed E-state index contributed by atoms with van der Waals surface area (Å²) < 4.78 is 5.09. The fourth-order valence-electron chi connectivity index (χ4n) is 3.26. The van der Waals surface area contributed by atoms with Gasteiger partial charge in [-0.15, -0.1) is 0 Å². The Bertz CT molecular complexity index is 269. The normalized spacial score (nSPS) is 33.8. The van der Waals surface area contributed by atoms with Gasteiger partial charge < -0.3 is 14.7 Å². The highest BCUT2D eigenvalue weighted by Crippen LogP contribution is 2.34. The number of carbonyl (C=O) groups excluding carboxylic acids is 1. The Kier molecular flexibility index (Phi) is 4.26. The molecule has 2 aliphatic rings. The fraction of sp³-hybridized carbons (Fsp3) is 0.923. The molecule has 0 aromatic rings. The number of hydrogen-bond acceptors (Lipinski definition) is 3. The Morgan fingerprint density at radius 3 is 2.76 bits per heavy atom. The lowest BCUT2D eigenvalue weighted by atomic mass is 9.80. The van der Waals surface area contributed by atoms with Crippen LogP contribution >= 0.6 is 0 Å². The maximum atomic E-state index is 11.8. The number of aliphatic hydroxyl groups is 1. The minimum Gasteiger partial charge on any atom is -0.450 e. The van der Waals surface area contributed by atoms with E-state index in [4.69, 9.17) is 4.74 Å². The van der Waals surface area contributed by atoms with Gasteiger partial charge in [-0.25, -0.2) is 4.79 Å². The number of hydrogen-bond donors (Lipinski definition) is 1. The van der Waals surface area contributed by atoms with Crippen molar-refractivity contribution in [2.45, 2.75) is 57.6 Å². The van der Waals surface area contributed by atoms with Crippen molar-refractivity contribution in [3.05, 3.63) is 0 Å². The molecule has 2 fully saturated rings. The third kappa shape index (κ3) is 2.73. The Morgan fingerprint density at radius 1 is 1.29 bits per heavy atom. The molecular weight excluding hydrogens is 218 g/mol. The van der Waals surface area contributed by atoms with Crippen molar-refractivity contribution in [2.75, 3.05) is 13.2 Å². The minimum atomic E-state index is -0.233. The standard InChI is InChI=1S/C13H23NO3/c1-2-17-13(16)14-9-5-7-11(14)10-6-3-4-8-12(10)15/h10-12,15H,2-9H2,1H3. The molecule has 1 saturated heterocycles. The lowest BCUT2D eigenvalue weighted by Gasteiger charge is -2.36. The van der Waals surface area contributed by atoms with Crippen LogP contribution in [0.25, 0.3) is 0 Å². The highest BCUT2D eigenvalue weighted by molar-refractivity contribution is 5.68. The third-order valence-electron chi connectivity index (χ3n) is 4.08. The van der Waals surface area contributed by atoms with Crippen LogP contribution in [0.3, 0.4) is 0 Å². The van der Waals surface area contributed by atoms with Gasteiger partial charge in [0, 0.05) is 18.5 Å². The van der Waals surface area contributed by atoms with E-state index < -0.39 is 0 Å². The Labute approximate surface area is 103 Å². The second kappa shape index (κ2) is 5.71. The molecule has 1 N–H and O–H groups in total. The molecule has 1 saturated carbocycles. The van der Waals surface area contributed by atoms with E-state index in [9.17, 15) is 9.90 Å². The molecular formula is C13H23NO3. The van der Waals surface area contributed by atoms with Crippen LogP contribution in [0, 0.1) is 5.92 Å². The zero-order chi connectivity index (χ0) is 12.3. The number of nitrogens with zero attached hydrogens (tertiary/aromatic N) is 1. The van der Waals surface area contributed by atoms with E-state index in [1.54, 1.807) is 0 Å². The van der Waals surface area contributed by atoms with Crippen LogP contribution in [0.5, 0.6) is 0 Å². The van der Waals surface area contributed by atoms with Gasteiger partial charge in [-0.05, 0) is 32.6 Å². The van der Waals surface area contributed by atoms with Crippen molar-refractivity contribution in [2.24, 2.45) is 5.92 Å². The molecule has 1 amide bonds. The molecule has 0 spiro atoms. The van der Waals surface area contributed by atoms with Gasteiger partial charge in [0.05, 0.1) is 12.7 Å². The molecule has 2 rings (SSSR count). The van der Waals surface area contributed by atoms with E-state index in [0.29, 0.717) is 6.61 Å². The quantitative estimate of drug-likeness (QED) is 0.806. The van der Waals surface area contributed by atoms with Crippen LogP contribution in [-0.2, 0) is 4.74 Å². The van der Waals surface area contributed by atoms with Gasteiger partial charge in [-0.2, -0.15) is 0 Å². The maximum Gasteiger partial charge on any atom is 0.410 e. The number of ether oxygens (including phenoxy) is 1. The molecule has 3 unspecified atom stereocenters. The molecule has 4 nitrogen and oxygen atoms in total. The first-order valence-corrected chi connectivity index (χ1v) is 6.85. The van der Waals surface area contributed by atoms with Crippen LogP contribution in [-0.4, -0.2) is 41.4 Å². The average Bonchev–Trinajstić information content (AvgIpc) is 2.79. The summed E-state index contributed by atoms with van der Waals surface area (Å²) in [7, 11) is 0. The SMILES string of the molecule is CCOC(=O)N1CCCC1C1CCCCC1O. The van der Waals surface area contributed by atoms with Crippen LogP contribution in [0.4, 0.5) is 4.79 Å². The Morgan fingerprint density at radius 2 is 2.06 bits per heavy atom. The molecule has 0 aromatic carbocycles. The van der Waals surface area contributed by atoms with E-state index in [0.717, 1.165) is 38.6 Å². The fourth-order valence-corrected chi connectivity index (χ4v) is 3.26. The van der Waals surface area contributed by atoms with E-state index in [1.165, 1.54) is 6.42 Å². The van der Waals surface area contributed by atoms with Crippen LogP contribution in [0.2, 0.25) is 0 Å². The molecule has 98 valence electrons. The zero-order valence-electron chi connectivity index (χ0n) is 10.6. The van der Waals surface area contributed by atoms with Gasteiger partial charge >= 0.3 is 6.09 Å². The lowest BCUT2D eigenvalue weighted by molar-refractivity contribution is 0.0191. The van der Waals surface area contributed by atoms with Gasteiger partial charge in [0.2, 0.25) is 0 Å². The number of aliphatic hydroxyl groups excluding tert-OH is 1. The summed E-state index contributed by atoms with van der Waals surface area (Å²) in [6, 6.07) is 0.198. The summed E-state index contributed by atoms with van der Waals surface area (Å²) in [5, 5.41) is 10.1. The molecule has 0 radical (unpaired) electrons. The van der Waals surface area contributed by atoms with Gasteiger partial charge in [0.15, 0.2) is 0 Å². The molecule has 3 atom stereocenters. The highest BCUT2D eigenvalue weighted by Gasteiger charge is 2.39. The Hall–Kier alpha value is -0.770. The predicted molar refractivity (Wildman–Crippen MR) is 64.7 cm³/mol. The summed E-state index contributed by atoms with van der Waals surface area (Å²) in [5.74, 6) is 0.260. The molecule has 1 heterocycles. The van der Waals surface area contributed by atoms with Crippen molar-refractivity contribution in [3.8, 4) is 0 Å². The molecule has 1 aliphatic heterocycles. The van der Waals surface area contributed by atoms with Gasteiger partial charge in [-0.3, -0.25) is 0 Å². The molecule has 0 bridgehead atoms. The zero-order valence-corrected chi connectivity index (χ0v) is 10.6. The van der Waals surface area contributed by atoms with E-state index in [-0.39, 0.29) is 24.2 Å². The predicted octanol–water partition coefficient (Wildman–Crippen LogP) is 2.16. The summed E-state index contributed by atoms with van der Waals surface area (Å²) in [6.45, 7) is 3.04. The smallest absolute Gasteiger partial charge is 0.410 e. The minimum absolute atomic E-state index is 0.198. The van der Waals surface area contributed by atoms with Gasteiger partial charge in [-0.1, -0.05) is 12.8 Å². The summed E-state index contributed by atoms with van der Waals surface area (Å²) in [6.07, 6.45) is 5.84. The van der Waals surface area contributed by atoms with Crippen molar-refractivity contribution >= 4 is 6.09 Å². The van der Waals surface area contributed by atoms with E-state index >= 15 is 0 Å². The second-order valence-corrected chi connectivity index (χ2v) is 5.12.